The van der Waals surface area contributed by atoms with Gasteiger partial charge in [0, 0.05) is 32.4 Å². The average molecular weight is 516 g/mol. The van der Waals surface area contributed by atoms with Crippen LogP contribution in [-0.2, 0) is 35.0 Å². The number of carbonyl (C=O) groups excluding carboxylic acids is 2. The van der Waals surface area contributed by atoms with Gasteiger partial charge in [-0.3, -0.25) is 14.3 Å². The molecule has 0 spiro atoms. The lowest BCUT2D eigenvalue weighted by molar-refractivity contribution is -0.138. The molecule has 3 heterocycles. The number of hydrogen-bond donors (Lipinski definition) is 2. The summed E-state index contributed by atoms with van der Waals surface area (Å²) in [5.74, 6) is -0.486. The first-order chi connectivity index (χ1) is 17.6. The maximum absolute atomic E-state index is 13.7. The van der Waals surface area contributed by atoms with Crippen LogP contribution in [0.1, 0.15) is 48.2 Å². The number of nitrogens with two attached hydrogens (primary N) is 1. The summed E-state index contributed by atoms with van der Waals surface area (Å²) in [6.07, 6.45) is 1.41. The number of primary amides is 1. The highest BCUT2D eigenvalue weighted by atomic mass is 19.4. The molecule has 1 aromatic carbocycles. The molecule has 0 bridgehead atoms. The minimum Gasteiger partial charge on any atom is -0.369 e. The SMILES string of the molecule is CC(=O)N1CCCC(n2cc(Nc3ncc(C(F)(F)F)c(CCc4ccccc4CC(N)=O)n3)cn2)C1. The zero-order valence-electron chi connectivity index (χ0n) is 20.3. The van der Waals surface area contributed by atoms with Crippen molar-refractivity contribution in [2.45, 2.75) is 51.2 Å². The molecule has 3 N–H and O–H groups in total. The number of alkyl halides is 3. The molecule has 1 fully saturated rings. The van der Waals surface area contributed by atoms with Crippen LogP contribution in [0.5, 0.6) is 0 Å². The average Bonchev–Trinajstić information content (AvgIpc) is 3.31. The van der Waals surface area contributed by atoms with E-state index in [0.717, 1.165) is 24.6 Å². The molecular weight excluding hydrogens is 487 g/mol. The Morgan fingerprint density at radius 3 is 2.62 bits per heavy atom. The summed E-state index contributed by atoms with van der Waals surface area (Å²) in [6.45, 7) is 2.80. The van der Waals surface area contributed by atoms with Gasteiger partial charge in [0.05, 0.1) is 35.6 Å². The highest BCUT2D eigenvalue weighted by molar-refractivity contribution is 5.77. The van der Waals surface area contributed by atoms with Gasteiger partial charge in [0.15, 0.2) is 0 Å². The van der Waals surface area contributed by atoms with Crippen molar-refractivity contribution in [3.63, 3.8) is 0 Å². The molecule has 9 nitrogen and oxygen atoms in total. The van der Waals surface area contributed by atoms with E-state index in [4.69, 9.17) is 5.73 Å². The number of anilines is 2. The number of amides is 2. The third-order valence-corrected chi connectivity index (χ3v) is 6.36. The van der Waals surface area contributed by atoms with E-state index in [1.54, 1.807) is 46.2 Å². The number of likely N-dealkylation sites (tertiary alicyclic amines) is 1. The lowest BCUT2D eigenvalue weighted by atomic mass is 9.98. The van der Waals surface area contributed by atoms with Crippen LogP contribution in [0.3, 0.4) is 0 Å². The standard InChI is InChI=1S/C25H28F3N7O2/c1-16(36)34-10-4-7-20(15-34)35-14-19(12-31-35)32-24-30-13-21(25(26,27)28)22(33-24)9-8-17-5-2-3-6-18(17)11-23(29)37/h2-3,5-6,12-14,20H,4,7-11,15H2,1H3,(H2,29,37)(H,30,32,33). The number of piperidine rings is 1. The molecule has 2 amide bonds. The van der Waals surface area contributed by atoms with Crippen molar-refractivity contribution in [2.75, 3.05) is 18.4 Å². The lowest BCUT2D eigenvalue weighted by Crippen LogP contribution is -2.39. The second-order valence-corrected chi connectivity index (χ2v) is 9.06. The second kappa shape index (κ2) is 11.0. The van der Waals surface area contributed by atoms with E-state index in [2.05, 4.69) is 20.4 Å². The summed E-state index contributed by atoms with van der Waals surface area (Å²) >= 11 is 0. The Kier molecular flexibility index (Phi) is 7.74. The van der Waals surface area contributed by atoms with Gasteiger partial charge >= 0.3 is 6.18 Å². The van der Waals surface area contributed by atoms with E-state index in [1.165, 1.54) is 6.92 Å². The van der Waals surface area contributed by atoms with Gasteiger partial charge in [0.2, 0.25) is 17.8 Å². The Morgan fingerprint density at radius 2 is 1.92 bits per heavy atom. The van der Waals surface area contributed by atoms with Gasteiger partial charge in [-0.25, -0.2) is 9.97 Å². The van der Waals surface area contributed by atoms with E-state index in [1.807, 2.05) is 0 Å². The summed E-state index contributed by atoms with van der Waals surface area (Å²) in [6, 6.07) is 7.02. The van der Waals surface area contributed by atoms with Crippen LogP contribution < -0.4 is 11.1 Å². The lowest BCUT2D eigenvalue weighted by Gasteiger charge is -2.32. The van der Waals surface area contributed by atoms with Crippen LogP contribution in [-0.4, -0.2) is 49.6 Å². The van der Waals surface area contributed by atoms with Crippen LogP contribution in [0.2, 0.25) is 0 Å². The van der Waals surface area contributed by atoms with E-state index in [-0.39, 0.29) is 42.9 Å². The normalized spacial score (nSPS) is 16.0. The monoisotopic (exact) mass is 515 g/mol. The zero-order chi connectivity index (χ0) is 26.6. The number of aryl methyl sites for hydroxylation is 2. The number of nitrogens with one attached hydrogen (secondary N) is 1. The van der Waals surface area contributed by atoms with Crippen molar-refractivity contribution in [3.8, 4) is 0 Å². The summed E-state index contributed by atoms with van der Waals surface area (Å²) in [5.41, 5.74) is 6.17. The molecule has 1 saturated heterocycles. The van der Waals surface area contributed by atoms with Crippen molar-refractivity contribution in [2.24, 2.45) is 5.73 Å². The third-order valence-electron chi connectivity index (χ3n) is 6.36. The molecule has 1 atom stereocenters. The van der Waals surface area contributed by atoms with Gasteiger partial charge in [-0.1, -0.05) is 24.3 Å². The molecule has 1 aliphatic rings. The smallest absolute Gasteiger partial charge is 0.369 e. The van der Waals surface area contributed by atoms with Gasteiger partial charge < -0.3 is 16.0 Å². The molecular formula is C25H28F3N7O2. The van der Waals surface area contributed by atoms with Crippen LogP contribution in [0.15, 0.2) is 42.9 Å². The van der Waals surface area contributed by atoms with E-state index in [9.17, 15) is 22.8 Å². The Labute approximate surface area is 211 Å². The number of nitrogens with zero attached hydrogens (tertiary/aromatic N) is 5. The highest BCUT2D eigenvalue weighted by Gasteiger charge is 2.35. The zero-order valence-corrected chi connectivity index (χ0v) is 20.3. The van der Waals surface area contributed by atoms with Gasteiger partial charge in [-0.15, -0.1) is 0 Å². The second-order valence-electron chi connectivity index (χ2n) is 9.06. The molecule has 12 heteroatoms. The van der Waals surface area contributed by atoms with Crippen molar-refractivity contribution >= 4 is 23.5 Å². The molecule has 0 saturated carbocycles. The maximum atomic E-state index is 13.7. The quantitative estimate of drug-likeness (QED) is 0.475. The van der Waals surface area contributed by atoms with E-state index in [0.29, 0.717) is 24.3 Å². The maximum Gasteiger partial charge on any atom is 0.419 e. The number of rotatable bonds is 8. The number of aromatic nitrogens is 4. The van der Waals surface area contributed by atoms with Crippen LogP contribution in [0.25, 0.3) is 0 Å². The fraction of sp³-hybridized carbons (Fsp3) is 0.400. The van der Waals surface area contributed by atoms with Crippen LogP contribution in [0.4, 0.5) is 24.8 Å². The minimum atomic E-state index is -4.62. The number of benzene rings is 1. The number of carbonyl (C=O) groups is 2. The molecule has 2 aromatic heterocycles. The summed E-state index contributed by atoms with van der Waals surface area (Å²) in [4.78, 5) is 32.9. The summed E-state index contributed by atoms with van der Waals surface area (Å²) in [7, 11) is 0. The minimum absolute atomic E-state index is 0.00798. The van der Waals surface area contributed by atoms with Gasteiger partial charge in [0.25, 0.3) is 0 Å². The molecule has 37 heavy (non-hydrogen) atoms. The molecule has 1 unspecified atom stereocenters. The molecule has 0 aliphatic carbocycles. The van der Waals surface area contributed by atoms with E-state index < -0.39 is 17.6 Å². The van der Waals surface area contributed by atoms with Gasteiger partial charge in [0.1, 0.15) is 0 Å². The van der Waals surface area contributed by atoms with E-state index >= 15 is 0 Å². The Bertz CT molecular complexity index is 1280. The van der Waals surface area contributed by atoms with Crippen LogP contribution >= 0.6 is 0 Å². The molecule has 1 aliphatic heterocycles. The Hall–Kier alpha value is -3.96. The molecule has 0 radical (unpaired) electrons. The molecule has 3 aromatic rings. The molecule has 4 rings (SSSR count). The highest BCUT2D eigenvalue weighted by Crippen LogP contribution is 2.32. The fourth-order valence-corrected chi connectivity index (χ4v) is 4.51. The van der Waals surface area contributed by atoms with Crippen molar-refractivity contribution in [3.05, 3.63) is 65.2 Å². The van der Waals surface area contributed by atoms with Gasteiger partial charge in [-0.05, 0) is 36.8 Å². The third kappa shape index (κ3) is 6.63. The van der Waals surface area contributed by atoms with Crippen molar-refractivity contribution in [1.82, 2.24) is 24.6 Å². The van der Waals surface area contributed by atoms with Crippen molar-refractivity contribution < 1.29 is 22.8 Å². The number of hydrogen-bond acceptors (Lipinski definition) is 6. The largest absolute Gasteiger partial charge is 0.419 e. The summed E-state index contributed by atoms with van der Waals surface area (Å²) in [5, 5.41) is 7.30. The predicted octanol–water partition coefficient (Wildman–Crippen LogP) is 3.43. The first kappa shape index (κ1) is 26.1. The predicted molar refractivity (Wildman–Crippen MR) is 130 cm³/mol. The first-order valence-corrected chi connectivity index (χ1v) is 11.9. The number of halogens is 3. The van der Waals surface area contributed by atoms with Gasteiger partial charge in [-0.2, -0.15) is 18.3 Å². The van der Waals surface area contributed by atoms with Crippen molar-refractivity contribution in [1.29, 1.82) is 0 Å². The first-order valence-electron chi connectivity index (χ1n) is 11.9. The topological polar surface area (TPSA) is 119 Å². The molecule has 196 valence electrons. The Morgan fingerprint density at radius 1 is 1.16 bits per heavy atom. The Balaban J connectivity index is 1.51. The summed E-state index contributed by atoms with van der Waals surface area (Å²) < 4.78 is 42.8. The fourth-order valence-electron chi connectivity index (χ4n) is 4.51. The van der Waals surface area contributed by atoms with Crippen LogP contribution in [0, 0.1) is 0 Å².